The molecule has 0 heterocycles. The summed E-state index contributed by atoms with van der Waals surface area (Å²) in [4.78, 5) is 58.2. The number of aliphatic hydroxyl groups is 1. The fraction of sp³-hybridized carbons (Fsp3) is 0.667. The third-order valence-electron chi connectivity index (χ3n) is 3.53. The van der Waals surface area contributed by atoms with Gasteiger partial charge in [-0.2, -0.15) is 11.8 Å². The highest BCUT2D eigenvalue weighted by molar-refractivity contribution is 7.98. The maximum Gasteiger partial charge on any atom is 0.326 e. The van der Waals surface area contributed by atoms with E-state index in [1.54, 1.807) is 6.26 Å². The third kappa shape index (κ3) is 10.1. The first-order valence-electron chi connectivity index (χ1n) is 8.30. The lowest BCUT2D eigenvalue weighted by molar-refractivity contribution is -0.142. The molecule has 9 N–H and O–H groups in total. The molecule has 0 rings (SSSR count). The number of carboxylic acids is 1. The van der Waals surface area contributed by atoms with Crippen molar-refractivity contribution in [3.05, 3.63) is 0 Å². The highest BCUT2D eigenvalue weighted by atomic mass is 32.2. The standard InChI is InChI=1S/C15H27N5O7S/c1-7(21)12(17)14(25)18-6-11(23)19-9(5-10(16)22)13(24)20-8(15(26)27)3-4-28-2/h7-9,12,21H,3-6,17H2,1-2H3,(H2,16,22)(H,18,25)(H,19,23)(H,20,24)(H,26,27). The van der Waals surface area contributed by atoms with Gasteiger partial charge in [0.25, 0.3) is 0 Å². The molecule has 4 unspecified atom stereocenters. The van der Waals surface area contributed by atoms with Gasteiger partial charge in [0.15, 0.2) is 0 Å². The highest BCUT2D eigenvalue weighted by Gasteiger charge is 2.28. The van der Waals surface area contributed by atoms with Gasteiger partial charge < -0.3 is 37.6 Å². The summed E-state index contributed by atoms with van der Waals surface area (Å²) >= 11 is 1.39. The number of rotatable bonds is 13. The van der Waals surface area contributed by atoms with Gasteiger partial charge in [-0.3, -0.25) is 19.2 Å². The molecule has 4 atom stereocenters. The van der Waals surface area contributed by atoms with Crippen LogP contribution in [0.5, 0.6) is 0 Å². The second kappa shape index (κ2) is 12.9. The number of thioether (sulfide) groups is 1. The van der Waals surface area contributed by atoms with Crippen LogP contribution in [0.3, 0.4) is 0 Å². The van der Waals surface area contributed by atoms with Crippen LogP contribution in [-0.2, 0) is 24.0 Å². The second-order valence-corrected chi connectivity index (χ2v) is 6.94. The molecule has 0 aliphatic rings. The predicted octanol–water partition coefficient (Wildman–Crippen LogP) is -3.51. The van der Waals surface area contributed by atoms with E-state index in [2.05, 4.69) is 16.0 Å². The molecular weight excluding hydrogens is 394 g/mol. The van der Waals surface area contributed by atoms with E-state index in [9.17, 15) is 29.1 Å². The van der Waals surface area contributed by atoms with Crippen LogP contribution in [0, 0.1) is 0 Å². The van der Waals surface area contributed by atoms with Gasteiger partial charge in [-0.1, -0.05) is 0 Å². The topological polar surface area (TPSA) is 214 Å². The molecule has 4 amide bonds. The number of carbonyl (C=O) groups excluding carboxylic acids is 4. The van der Waals surface area contributed by atoms with E-state index < -0.39 is 66.8 Å². The molecule has 0 fully saturated rings. The van der Waals surface area contributed by atoms with Crippen LogP contribution in [-0.4, -0.2) is 82.6 Å². The SMILES string of the molecule is CSCCC(NC(=O)C(CC(N)=O)NC(=O)CNC(=O)C(N)C(C)O)C(=O)O. The summed E-state index contributed by atoms with van der Waals surface area (Å²) in [6.45, 7) is 0.726. The average Bonchev–Trinajstić information content (AvgIpc) is 2.60. The van der Waals surface area contributed by atoms with Crippen molar-refractivity contribution in [1.82, 2.24) is 16.0 Å². The van der Waals surface area contributed by atoms with Gasteiger partial charge in [-0.15, -0.1) is 0 Å². The van der Waals surface area contributed by atoms with Crippen molar-refractivity contribution >= 4 is 41.4 Å². The Morgan fingerprint density at radius 3 is 2.14 bits per heavy atom. The van der Waals surface area contributed by atoms with Crippen LogP contribution in [0.15, 0.2) is 0 Å². The number of nitrogens with two attached hydrogens (primary N) is 2. The van der Waals surface area contributed by atoms with Crippen molar-refractivity contribution in [2.45, 2.75) is 44.0 Å². The normalized spacial score (nSPS) is 14.9. The summed E-state index contributed by atoms with van der Waals surface area (Å²) < 4.78 is 0. The van der Waals surface area contributed by atoms with Crippen LogP contribution in [0.1, 0.15) is 19.8 Å². The van der Waals surface area contributed by atoms with Gasteiger partial charge in [0, 0.05) is 0 Å². The maximum absolute atomic E-state index is 12.3. The zero-order chi connectivity index (χ0) is 21.9. The number of amides is 4. The lowest BCUT2D eigenvalue weighted by Gasteiger charge is -2.21. The predicted molar refractivity (Wildman–Crippen MR) is 101 cm³/mol. The molecule has 0 aliphatic heterocycles. The quantitative estimate of drug-likeness (QED) is 0.157. The summed E-state index contributed by atoms with van der Waals surface area (Å²) in [5.74, 6) is -4.19. The summed E-state index contributed by atoms with van der Waals surface area (Å²) in [7, 11) is 0. The van der Waals surface area contributed by atoms with E-state index in [1.807, 2.05) is 0 Å². The minimum Gasteiger partial charge on any atom is -0.480 e. The van der Waals surface area contributed by atoms with E-state index >= 15 is 0 Å². The molecule has 0 aromatic heterocycles. The molecule has 160 valence electrons. The van der Waals surface area contributed by atoms with Crippen LogP contribution in [0.4, 0.5) is 0 Å². The molecule has 0 aromatic carbocycles. The van der Waals surface area contributed by atoms with Crippen LogP contribution >= 0.6 is 11.8 Å². The highest BCUT2D eigenvalue weighted by Crippen LogP contribution is 2.02. The van der Waals surface area contributed by atoms with E-state index in [4.69, 9.17) is 16.6 Å². The van der Waals surface area contributed by atoms with Gasteiger partial charge >= 0.3 is 5.97 Å². The number of carbonyl (C=O) groups is 5. The fourth-order valence-corrected chi connectivity index (χ4v) is 2.40. The van der Waals surface area contributed by atoms with Crippen LogP contribution < -0.4 is 27.4 Å². The molecule has 0 aromatic rings. The van der Waals surface area contributed by atoms with E-state index in [0.29, 0.717) is 5.75 Å². The Hall–Kier alpha value is -2.38. The summed E-state index contributed by atoms with van der Waals surface area (Å²) in [6.07, 6.45) is 0.222. The summed E-state index contributed by atoms with van der Waals surface area (Å²) in [5, 5.41) is 25.0. The largest absolute Gasteiger partial charge is 0.480 e. The Labute approximate surface area is 166 Å². The molecule has 12 nitrogen and oxygen atoms in total. The zero-order valence-corrected chi connectivity index (χ0v) is 16.5. The number of hydrogen-bond donors (Lipinski definition) is 7. The van der Waals surface area contributed by atoms with Crippen LogP contribution in [0.2, 0.25) is 0 Å². The molecule has 0 saturated heterocycles. The number of carboxylic acid groups (broad SMARTS) is 1. The second-order valence-electron chi connectivity index (χ2n) is 5.96. The van der Waals surface area contributed by atoms with Crippen molar-refractivity contribution in [2.24, 2.45) is 11.5 Å². The molecule has 0 bridgehead atoms. The van der Waals surface area contributed by atoms with Gasteiger partial charge in [-0.25, -0.2) is 4.79 Å². The first-order chi connectivity index (χ1) is 13.0. The molecule has 28 heavy (non-hydrogen) atoms. The van der Waals surface area contributed by atoms with Gasteiger partial charge in [0.05, 0.1) is 19.1 Å². The Kier molecular flexibility index (Phi) is 11.8. The smallest absolute Gasteiger partial charge is 0.326 e. The molecular formula is C15H27N5O7S. The summed E-state index contributed by atoms with van der Waals surface area (Å²) in [5.41, 5.74) is 10.5. The fourth-order valence-electron chi connectivity index (χ4n) is 1.93. The Balaban J connectivity index is 4.89. The van der Waals surface area contributed by atoms with Gasteiger partial charge in [0.1, 0.15) is 18.1 Å². The van der Waals surface area contributed by atoms with Crippen molar-refractivity contribution in [1.29, 1.82) is 0 Å². The Morgan fingerprint density at radius 1 is 1.07 bits per heavy atom. The lowest BCUT2D eigenvalue weighted by Crippen LogP contribution is -2.55. The molecule has 0 spiro atoms. The van der Waals surface area contributed by atoms with Crippen molar-refractivity contribution in [3.8, 4) is 0 Å². The van der Waals surface area contributed by atoms with Gasteiger partial charge in [0.2, 0.25) is 23.6 Å². The number of nitrogens with one attached hydrogen (secondary N) is 3. The number of aliphatic hydroxyl groups excluding tert-OH is 1. The minimum atomic E-state index is -1.41. The minimum absolute atomic E-state index is 0.146. The molecule has 0 saturated carbocycles. The van der Waals surface area contributed by atoms with Crippen LogP contribution in [0.25, 0.3) is 0 Å². The molecule has 0 radical (unpaired) electrons. The van der Waals surface area contributed by atoms with E-state index in [0.717, 1.165) is 0 Å². The van der Waals surface area contributed by atoms with E-state index in [1.165, 1.54) is 18.7 Å². The number of primary amides is 1. The first-order valence-corrected chi connectivity index (χ1v) is 9.70. The summed E-state index contributed by atoms with van der Waals surface area (Å²) in [6, 6.07) is -3.86. The Bertz CT molecular complexity index is 587. The number of aliphatic carboxylic acids is 1. The maximum atomic E-state index is 12.3. The van der Waals surface area contributed by atoms with E-state index in [-0.39, 0.29) is 6.42 Å². The third-order valence-corrected chi connectivity index (χ3v) is 4.17. The van der Waals surface area contributed by atoms with Crippen molar-refractivity contribution in [3.63, 3.8) is 0 Å². The Morgan fingerprint density at radius 2 is 1.68 bits per heavy atom. The zero-order valence-electron chi connectivity index (χ0n) is 15.6. The average molecular weight is 421 g/mol. The van der Waals surface area contributed by atoms with Crippen molar-refractivity contribution < 1.29 is 34.2 Å². The monoisotopic (exact) mass is 421 g/mol. The first kappa shape index (κ1) is 25.6. The molecule has 0 aliphatic carbocycles. The van der Waals surface area contributed by atoms with Gasteiger partial charge in [-0.05, 0) is 25.4 Å². The number of hydrogen-bond acceptors (Lipinski definition) is 8. The molecule has 13 heteroatoms. The lowest BCUT2D eigenvalue weighted by atomic mass is 10.1. The van der Waals surface area contributed by atoms with Crippen molar-refractivity contribution in [2.75, 3.05) is 18.6 Å².